The summed E-state index contributed by atoms with van der Waals surface area (Å²) in [6, 6.07) is -0.538. The van der Waals surface area contributed by atoms with Gasteiger partial charge in [-0.1, -0.05) is 270 Å². The topological polar surface area (TPSA) is 95.9 Å². The molecule has 3 N–H and O–H groups in total. The Balaban J connectivity index is 3.34. The van der Waals surface area contributed by atoms with E-state index in [4.69, 9.17) is 4.74 Å². The van der Waals surface area contributed by atoms with Crippen LogP contribution in [0, 0.1) is 0 Å². The van der Waals surface area contributed by atoms with Gasteiger partial charge in [0.1, 0.15) is 0 Å². The van der Waals surface area contributed by atoms with E-state index in [9.17, 15) is 19.8 Å². The molecule has 0 bridgehead atoms. The van der Waals surface area contributed by atoms with E-state index in [1.807, 2.05) is 0 Å². The molecule has 0 aliphatic rings. The minimum atomic E-state index is -0.661. The summed E-state index contributed by atoms with van der Waals surface area (Å²) >= 11 is 0. The summed E-state index contributed by atoms with van der Waals surface area (Å²) < 4.78 is 5.47. The molecule has 0 aromatic rings. The normalized spacial score (nSPS) is 12.6. The highest BCUT2D eigenvalue weighted by Crippen LogP contribution is 2.17. The molecule has 0 aliphatic heterocycles. The van der Waals surface area contributed by atoms with Crippen LogP contribution in [0.2, 0.25) is 0 Å². The number of aliphatic hydroxyl groups excluding tert-OH is 2. The van der Waals surface area contributed by atoms with E-state index in [1.54, 1.807) is 0 Å². The Morgan fingerprint density at radius 3 is 1.11 bits per heavy atom. The number of allylic oxidation sites excluding steroid dienone is 2. The SMILES string of the molecule is CCCCCCC/C=C\CCCCCCCC(=O)OCCCCCCCCCCCCCCCCCCCCCCCCCC(=O)NC(CO)C(O)CCCCCCCCCCCC. The third-order valence-corrected chi connectivity index (χ3v) is 13.6. The number of unbranched alkanes of at least 4 members (excludes halogenated alkanes) is 41. The zero-order chi connectivity index (χ0) is 46.5. The van der Waals surface area contributed by atoms with Gasteiger partial charge in [-0.2, -0.15) is 0 Å². The number of esters is 1. The molecular formula is C58H113NO5. The highest BCUT2D eigenvalue weighted by Gasteiger charge is 2.20. The van der Waals surface area contributed by atoms with Crippen LogP contribution in [-0.4, -0.2) is 47.4 Å². The summed E-state index contributed by atoms with van der Waals surface area (Å²) in [5.74, 6) is -0.0290. The lowest BCUT2D eigenvalue weighted by Gasteiger charge is -2.22. The smallest absolute Gasteiger partial charge is 0.305 e. The molecule has 0 aromatic carbocycles. The van der Waals surface area contributed by atoms with Crippen molar-refractivity contribution in [3.8, 4) is 0 Å². The van der Waals surface area contributed by atoms with Gasteiger partial charge in [-0.15, -0.1) is 0 Å². The third kappa shape index (κ3) is 50.0. The number of rotatable bonds is 54. The molecule has 6 nitrogen and oxygen atoms in total. The summed E-state index contributed by atoms with van der Waals surface area (Å²) in [5, 5.41) is 23.1. The number of hydrogen-bond acceptors (Lipinski definition) is 5. The lowest BCUT2D eigenvalue weighted by molar-refractivity contribution is -0.143. The first kappa shape index (κ1) is 62.6. The van der Waals surface area contributed by atoms with Gasteiger partial charge in [0.25, 0.3) is 0 Å². The molecule has 0 heterocycles. The fourth-order valence-corrected chi connectivity index (χ4v) is 9.11. The predicted molar refractivity (Wildman–Crippen MR) is 278 cm³/mol. The van der Waals surface area contributed by atoms with Crippen molar-refractivity contribution < 1.29 is 24.5 Å². The van der Waals surface area contributed by atoms with E-state index >= 15 is 0 Å². The zero-order valence-electron chi connectivity index (χ0n) is 43.3. The van der Waals surface area contributed by atoms with E-state index < -0.39 is 12.1 Å². The van der Waals surface area contributed by atoms with Gasteiger partial charge < -0.3 is 20.3 Å². The van der Waals surface area contributed by atoms with Gasteiger partial charge in [0.05, 0.1) is 25.4 Å². The maximum Gasteiger partial charge on any atom is 0.305 e. The second-order valence-corrected chi connectivity index (χ2v) is 20.0. The molecule has 380 valence electrons. The summed E-state index contributed by atoms with van der Waals surface area (Å²) in [4.78, 5) is 24.4. The highest BCUT2D eigenvalue weighted by atomic mass is 16.5. The quantitative estimate of drug-likeness (QED) is 0.0321. The molecule has 0 radical (unpaired) electrons. The van der Waals surface area contributed by atoms with Crippen LogP contribution < -0.4 is 5.32 Å². The van der Waals surface area contributed by atoms with Crippen molar-refractivity contribution in [3.05, 3.63) is 12.2 Å². The Morgan fingerprint density at radius 1 is 0.422 bits per heavy atom. The van der Waals surface area contributed by atoms with E-state index in [1.165, 1.54) is 244 Å². The van der Waals surface area contributed by atoms with Crippen molar-refractivity contribution in [2.24, 2.45) is 0 Å². The lowest BCUT2D eigenvalue weighted by Crippen LogP contribution is -2.45. The van der Waals surface area contributed by atoms with Crippen molar-refractivity contribution >= 4 is 11.9 Å². The average molecular weight is 905 g/mol. The molecule has 1 amide bonds. The molecular weight excluding hydrogens is 791 g/mol. The summed E-state index contributed by atoms with van der Waals surface area (Å²) in [7, 11) is 0. The molecule has 2 atom stereocenters. The minimum absolute atomic E-state index is 0.00611. The number of carbonyl (C=O) groups is 2. The van der Waals surface area contributed by atoms with Crippen LogP contribution in [0.4, 0.5) is 0 Å². The second kappa shape index (κ2) is 54.2. The standard InChI is InChI=1S/C58H113NO5/c1-3-5-7-9-11-13-15-16-29-32-36-40-44-48-52-58(63)64-53-49-45-41-37-33-30-27-25-23-21-19-17-18-20-22-24-26-28-31-35-39-43-47-51-57(62)59-55(54-60)56(61)50-46-42-38-34-14-12-10-8-6-4-2/h15-16,55-56,60-61H,3-14,17-54H2,1-2H3,(H,59,62)/b16-15-. The van der Waals surface area contributed by atoms with Crippen LogP contribution in [0.25, 0.3) is 0 Å². The first-order chi connectivity index (χ1) is 31.5. The lowest BCUT2D eigenvalue weighted by atomic mass is 10.0. The average Bonchev–Trinajstić information content (AvgIpc) is 3.29. The fourth-order valence-electron chi connectivity index (χ4n) is 9.11. The van der Waals surface area contributed by atoms with Crippen LogP contribution in [0.3, 0.4) is 0 Å². The van der Waals surface area contributed by atoms with Crippen LogP contribution in [0.1, 0.15) is 322 Å². The zero-order valence-corrected chi connectivity index (χ0v) is 43.3. The summed E-state index contributed by atoms with van der Waals surface area (Å²) in [5.41, 5.74) is 0. The molecule has 0 rings (SSSR count). The van der Waals surface area contributed by atoms with Crippen LogP contribution in [-0.2, 0) is 14.3 Å². The maximum atomic E-state index is 12.4. The van der Waals surface area contributed by atoms with Gasteiger partial charge in [0.15, 0.2) is 0 Å². The molecule has 0 saturated carbocycles. The first-order valence-electron chi connectivity index (χ1n) is 28.9. The molecule has 0 spiro atoms. The summed E-state index contributed by atoms with van der Waals surface area (Å²) in [6.07, 6.45) is 63.6. The monoisotopic (exact) mass is 904 g/mol. The van der Waals surface area contributed by atoms with Crippen LogP contribution in [0.15, 0.2) is 12.2 Å². The van der Waals surface area contributed by atoms with Gasteiger partial charge in [-0.25, -0.2) is 0 Å². The van der Waals surface area contributed by atoms with Crippen LogP contribution in [0.5, 0.6) is 0 Å². The van der Waals surface area contributed by atoms with E-state index in [2.05, 4.69) is 31.3 Å². The van der Waals surface area contributed by atoms with Crippen molar-refractivity contribution in [1.29, 1.82) is 0 Å². The van der Waals surface area contributed by atoms with Crippen molar-refractivity contribution in [1.82, 2.24) is 5.32 Å². The van der Waals surface area contributed by atoms with Gasteiger partial charge in [0, 0.05) is 12.8 Å². The Labute approximate surface area is 399 Å². The Kier molecular flexibility index (Phi) is 53.0. The minimum Gasteiger partial charge on any atom is -0.466 e. The number of hydrogen-bond donors (Lipinski definition) is 3. The predicted octanol–water partition coefficient (Wildman–Crippen LogP) is 17.7. The largest absolute Gasteiger partial charge is 0.466 e. The fraction of sp³-hybridized carbons (Fsp3) is 0.931. The Morgan fingerprint density at radius 2 is 0.734 bits per heavy atom. The third-order valence-electron chi connectivity index (χ3n) is 13.6. The number of aliphatic hydroxyl groups is 2. The molecule has 6 heteroatoms. The number of nitrogens with one attached hydrogen (secondary N) is 1. The Hall–Kier alpha value is -1.40. The van der Waals surface area contributed by atoms with E-state index in [-0.39, 0.29) is 18.5 Å². The molecule has 64 heavy (non-hydrogen) atoms. The molecule has 2 unspecified atom stereocenters. The van der Waals surface area contributed by atoms with Crippen molar-refractivity contribution in [2.45, 2.75) is 334 Å². The van der Waals surface area contributed by atoms with Crippen molar-refractivity contribution in [3.63, 3.8) is 0 Å². The van der Waals surface area contributed by atoms with E-state index in [0.717, 1.165) is 44.9 Å². The number of amides is 1. The maximum absolute atomic E-state index is 12.4. The van der Waals surface area contributed by atoms with Crippen LogP contribution >= 0.6 is 0 Å². The molecule has 0 aromatic heterocycles. The first-order valence-corrected chi connectivity index (χ1v) is 28.9. The second-order valence-electron chi connectivity index (χ2n) is 20.0. The number of ether oxygens (including phenoxy) is 1. The molecule has 0 fully saturated rings. The highest BCUT2D eigenvalue weighted by molar-refractivity contribution is 5.76. The van der Waals surface area contributed by atoms with Gasteiger partial charge in [-0.05, 0) is 51.4 Å². The van der Waals surface area contributed by atoms with Gasteiger partial charge in [0.2, 0.25) is 5.91 Å². The molecule has 0 aliphatic carbocycles. The molecule has 0 saturated heterocycles. The van der Waals surface area contributed by atoms with E-state index in [0.29, 0.717) is 25.9 Å². The Bertz CT molecular complexity index is 955. The summed E-state index contributed by atoms with van der Waals surface area (Å²) in [6.45, 7) is 4.94. The van der Waals surface area contributed by atoms with Crippen molar-refractivity contribution in [2.75, 3.05) is 13.2 Å². The number of carbonyl (C=O) groups excluding carboxylic acids is 2. The van der Waals surface area contributed by atoms with Gasteiger partial charge in [-0.3, -0.25) is 9.59 Å². The van der Waals surface area contributed by atoms with Gasteiger partial charge >= 0.3 is 5.97 Å².